The number of fused-ring (bicyclic) bond motifs is 2. The summed E-state index contributed by atoms with van der Waals surface area (Å²) in [6, 6.07) is 8.64. The smallest absolute Gasteiger partial charge is 0.332 e. The van der Waals surface area contributed by atoms with E-state index >= 15 is 0 Å². The number of hydrazone groups is 1. The Hall–Kier alpha value is -3.68. The molecule has 0 fully saturated rings. The lowest BCUT2D eigenvalue weighted by Gasteiger charge is -2.13. The zero-order valence-corrected chi connectivity index (χ0v) is 15.3. The Bertz CT molecular complexity index is 1110. The number of benzene rings is 1. The van der Waals surface area contributed by atoms with Crippen LogP contribution in [-0.4, -0.2) is 22.6 Å². The van der Waals surface area contributed by atoms with Gasteiger partial charge in [-0.2, -0.15) is 5.10 Å². The molecule has 8 nitrogen and oxygen atoms in total. The number of pyridine rings is 1. The third-order valence-electron chi connectivity index (χ3n) is 4.71. The van der Waals surface area contributed by atoms with Gasteiger partial charge in [0.2, 0.25) is 0 Å². The van der Waals surface area contributed by atoms with Crippen molar-refractivity contribution in [1.82, 2.24) is 10.4 Å². The Morgan fingerprint density at radius 3 is 2.86 bits per heavy atom. The van der Waals surface area contributed by atoms with Crippen LogP contribution in [0, 0.1) is 6.92 Å². The minimum atomic E-state index is -0.734. The molecule has 28 heavy (non-hydrogen) atoms. The van der Waals surface area contributed by atoms with Gasteiger partial charge in [0, 0.05) is 29.1 Å². The summed E-state index contributed by atoms with van der Waals surface area (Å²) >= 11 is 0. The van der Waals surface area contributed by atoms with Gasteiger partial charge in [0.15, 0.2) is 5.76 Å². The van der Waals surface area contributed by atoms with E-state index in [1.165, 1.54) is 0 Å². The summed E-state index contributed by atoms with van der Waals surface area (Å²) < 4.78 is 5.86. The number of furan rings is 1. The maximum Gasteiger partial charge on any atom is 0.332 e. The highest BCUT2D eigenvalue weighted by atomic mass is 16.4. The number of nitrogens with one attached hydrogen (secondary N) is 2. The maximum absolute atomic E-state index is 12.9. The molecule has 0 atom stereocenters. The van der Waals surface area contributed by atoms with Crippen molar-refractivity contribution in [3.8, 4) is 0 Å². The number of urea groups is 1. The fourth-order valence-corrected chi connectivity index (χ4v) is 3.50. The number of rotatable bonds is 3. The lowest BCUT2D eigenvalue weighted by Crippen LogP contribution is -2.27. The van der Waals surface area contributed by atoms with Crippen LogP contribution in [0.15, 0.2) is 46.0 Å². The van der Waals surface area contributed by atoms with Gasteiger partial charge in [-0.15, -0.1) is 0 Å². The average molecular weight is 377 g/mol. The monoisotopic (exact) mass is 377 g/mol. The van der Waals surface area contributed by atoms with E-state index < -0.39 is 6.03 Å². The van der Waals surface area contributed by atoms with Crippen molar-refractivity contribution in [3.63, 3.8) is 0 Å². The maximum atomic E-state index is 12.9. The number of hydrogen-bond donors (Lipinski definition) is 3. The van der Waals surface area contributed by atoms with Crippen LogP contribution in [-0.2, 0) is 6.42 Å². The third kappa shape index (κ3) is 3.20. The molecular formula is C20H19N5O3. The number of amides is 3. The highest BCUT2D eigenvalue weighted by Gasteiger charge is 2.28. The van der Waals surface area contributed by atoms with Gasteiger partial charge in [0.1, 0.15) is 5.76 Å². The van der Waals surface area contributed by atoms with Crippen LogP contribution < -0.4 is 16.5 Å². The number of anilines is 1. The minimum Gasteiger partial charge on any atom is -0.455 e. The van der Waals surface area contributed by atoms with Crippen LogP contribution in [0.25, 0.3) is 10.9 Å². The average Bonchev–Trinajstić information content (AvgIpc) is 3.04. The SMILES string of the molecule is Cc1c(C(=O)Nc2cccc3cccnc23)oc2c1/C(=N/NC(N)=O)CCC2. The Morgan fingerprint density at radius 2 is 2.04 bits per heavy atom. The Labute approximate surface area is 160 Å². The lowest BCUT2D eigenvalue weighted by molar-refractivity contribution is 0.0994. The van der Waals surface area contributed by atoms with Crippen molar-refractivity contribution in [2.24, 2.45) is 10.8 Å². The first-order valence-corrected chi connectivity index (χ1v) is 8.94. The molecule has 2 heterocycles. The molecule has 3 aromatic rings. The Morgan fingerprint density at radius 1 is 1.21 bits per heavy atom. The number of aromatic nitrogens is 1. The van der Waals surface area contributed by atoms with Gasteiger partial charge in [-0.1, -0.05) is 18.2 Å². The zero-order chi connectivity index (χ0) is 19.7. The van der Waals surface area contributed by atoms with Crippen LogP contribution in [0.4, 0.5) is 10.5 Å². The van der Waals surface area contributed by atoms with Crippen molar-refractivity contribution < 1.29 is 14.0 Å². The van der Waals surface area contributed by atoms with Gasteiger partial charge in [0.25, 0.3) is 5.91 Å². The van der Waals surface area contributed by atoms with Crippen molar-refractivity contribution in [1.29, 1.82) is 0 Å². The topological polar surface area (TPSA) is 123 Å². The van der Waals surface area contributed by atoms with Crippen molar-refractivity contribution in [3.05, 3.63) is 59.2 Å². The van der Waals surface area contributed by atoms with E-state index in [1.807, 2.05) is 31.2 Å². The Balaban J connectivity index is 1.67. The molecule has 8 heteroatoms. The number of carbonyl (C=O) groups is 2. The number of nitrogens with two attached hydrogens (primary N) is 1. The third-order valence-corrected chi connectivity index (χ3v) is 4.71. The van der Waals surface area contributed by atoms with E-state index in [9.17, 15) is 9.59 Å². The molecule has 0 radical (unpaired) electrons. The van der Waals surface area contributed by atoms with Crippen molar-refractivity contribution in [2.75, 3.05) is 5.32 Å². The number of hydrogen-bond acceptors (Lipinski definition) is 5. The van der Waals surface area contributed by atoms with E-state index in [2.05, 4.69) is 20.8 Å². The zero-order valence-electron chi connectivity index (χ0n) is 15.3. The summed E-state index contributed by atoms with van der Waals surface area (Å²) in [7, 11) is 0. The Kier molecular flexibility index (Phi) is 4.52. The highest BCUT2D eigenvalue weighted by molar-refractivity contribution is 6.11. The predicted molar refractivity (Wildman–Crippen MR) is 105 cm³/mol. The molecule has 0 bridgehead atoms. The molecule has 3 amide bonds. The first-order valence-electron chi connectivity index (χ1n) is 8.94. The normalized spacial score (nSPS) is 14.7. The minimum absolute atomic E-state index is 0.228. The van der Waals surface area contributed by atoms with Gasteiger partial charge >= 0.3 is 6.03 Å². The molecule has 1 aliphatic rings. The van der Waals surface area contributed by atoms with E-state index in [1.54, 1.807) is 12.3 Å². The molecule has 142 valence electrons. The van der Waals surface area contributed by atoms with Crippen LogP contribution in [0.5, 0.6) is 0 Å². The number of nitrogens with zero attached hydrogens (tertiary/aromatic N) is 2. The molecule has 1 aromatic carbocycles. The predicted octanol–water partition coefficient (Wildman–Crippen LogP) is 3.10. The molecule has 4 rings (SSSR count). The second-order valence-electron chi connectivity index (χ2n) is 6.58. The number of primary amides is 1. The molecule has 0 spiro atoms. The van der Waals surface area contributed by atoms with Crippen LogP contribution in [0.3, 0.4) is 0 Å². The van der Waals surface area contributed by atoms with Gasteiger partial charge in [-0.3, -0.25) is 9.78 Å². The second kappa shape index (κ2) is 7.15. The second-order valence-corrected chi connectivity index (χ2v) is 6.58. The molecule has 0 saturated heterocycles. The van der Waals surface area contributed by atoms with E-state index in [4.69, 9.17) is 10.2 Å². The molecule has 0 unspecified atom stereocenters. The summed E-state index contributed by atoms with van der Waals surface area (Å²) in [5, 5.41) is 7.90. The summed E-state index contributed by atoms with van der Waals surface area (Å²) in [6.45, 7) is 1.81. The summed E-state index contributed by atoms with van der Waals surface area (Å²) in [5.41, 5.74) is 10.8. The van der Waals surface area contributed by atoms with Gasteiger partial charge < -0.3 is 15.5 Å². The first-order chi connectivity index (χ1) is 13.5. The van der Waals surface area contributed by atoms with Gasteiger partial charge in [0.05, 0.1) is 16.9 Å². The van der Waals surface area contributed by atoms with Crippen molar-refractivity contribution >= 4 is 34.2 Å². The van der Waals surface area contributed by atoms with Crippen LogP contribution in [0.1, 0.15) is 40.3 Å². The van der Waals surface area contributed by atoms with Crippen molar-refractivity contribution in [2.45, 2.75) is 26.2 Å². The molecular weight excluding hydrogens is 358 g/mol. The summed E-state index contributed by atoms with van der Waals surface area (Å²) in [5.74, 6) is 0.564. The molecule has 1 aliphatic carbocycles. The summed E-state index contributed by atoms with van der Waals surface area (Å²) in [6.07, 6.45) is 3.87. The number of carbonyl (C=O) groups excluding carboxylic acids is 2. The summed E-state index contributed by atoms with van der Waals surface area (Å²) in [4.78, 5) is 28.2. The molecule has 0 saturated carbocycles. The largest absolute Gasteiger partial charge is 0.455 e. The highest BCUT2D eigenvalue weighted by Crippen LogP contribution is 2.31. The van der Waals surface area contributed by atoms with Crippen LogP contribution in [0.2, 0.25) is 0 Å². The van der Waals surface area contributed by atoms with Gasteiger partial charge in [-0.05, 0) is 31.9 Å². The van der Waals surface area contributed by atoms with E-state index in [0.717, 1.165) is 17.4 Å². The van der Waals surface area contributed by atoms with E-state index in [-0.39, 0.29) is 11.7 Å². The molecule has 4 N–H and O–H groups in total. The fraction of sp³-hybridized carbons (Fsp3) is 0.200. The quantitative estimate of drug-likeness (QED) is 0.607. The van der Waals surface area contributed by atoms with E-state index in [0.29, 0.717) is 41.1 Å². The van der Waals surface area contributed by atoms with Crippen LogP contribution >= 0.6 is 0 Å². The number of aryl methyl sites for hydroxylation is 1. The molecule has 0 aliphatic heterocycles. The molecule has 2 aromatic heterocycles. The number of para-hydroxylation sites is 1. The standard InChI is InChI=1S/C20H19N5O3/c1-11-16-13(24-25-20(21)27)7-3-9-15(16)28-18(11)19(26)23-14-8-2-5-12-6-4-10-22-17(12)14/h2,4-6,8,10H,3,7,9H2,1H3,(H,23,26)(H3,21,25,27)/b24-13+. The fourth-order valence-electron chi connectivity index (χ4n) is 3.50. The van der Waals surface area contributed by atoms with Gasteiger partial charge in [-0.25, -0.2) is 10.2 Å². The first kappa shape index (κ1) is 17.7. The lowest BCUT2D eigenvalue weighted by atomic mass is 9.93.